The van der Waals surface area contributed by atoms with E-state index in [9.17, 15) is 17.6 Å². The Labute approximate surface area is 227 Å². The highest BCUT2D eigenvalue weighted by Crippen LogP contribution is 2.52. The van der Waals surface area contributed by atoms with E-state index < -0.39 is 20.5 Å². The number of imidazole rings is 1. The zero-order valence-electron chi connectivity index (χ0n) is 22.0. The molecule has 0 amide bonds. The molecule has 0 spiro atoms. The Morgan fingerprint density at radius 3 is 2.51 bits per heavy atom. The van der Waals surface area contributed by atoms with Crippen LogP contribution in [0.15, 0.2) is 78.1 Å². The molecule has 0 aliphatic heterocycles. The number of hydrogen-bond donors (Lipinski definition) is 0. The van der Waals surface area contributed by atoms with Crippen LogP contribution >= 0.6 is 0 Å². The number of nitrogens with zero attached hydrogens (tertiary/aromatic N) is 3. The Bertz CT molecular complexity index is 1680. The molecular formula is C31H30FN3O3S. The van der Waals surface area contributed by atoms with Crippen LogP contribution in [-0.2, 0) is 22.7 Å². The molecule has 8 heteroatoms. The van der Waals surface area contributed by atoms with Crippen LogP contribution in [-0.4, -0.2) is 34.0 Å². The molecule has 2 aromatic carbocycles. The smallest absolute Gasteiger partial charge is 0.188 e. The molecule has 0 bridgehead atoms. The highest BCUT2D eigenvalue weighted by molar-refractivity contribution is 7.92. The fourth-order valence-corrected chi connectivity index (χ4v) is 8.47. The molecular weight excluding hydrogens is 513 g/mol. The zero-order chi connectivity index (χ0) is 27.4. The molecule has 4 aromatic rings. The van der Waals surface area contributed by atoms with Crippen molar-refractivity contribution in [2.75, 3.05) is 0 Å². The minimum atomic E-state index is -3.65. The fraction of sp³-hybridized carbons (Fsp3) is 0.323. The van der Waals surface area contributed by atoms with Crippen LogP contribution in [0.5, 0.6) is 0 Å². The van der Waals surface area contributed by atoms with Gasteiger partial charge in [-0.3, -0.25) is 9.78 Å². The van der Waals surface area contributed by atoms with Gasteiger partial charge in [-0.15, -0.1) is 0 Å². The molecule has 3 atom stereocenters. The van der Waals surface area contributed by atoms with Gasteiger partial charge in [-0.2, -0.15) is 0 Å². The van der Waals surface area contributed by atoms with Crippen molar-refractivity contribution in [3.05, 3.63) is 107 Å². The SMILES string of the molecule is Cc1cccc(S(=O)(=O)[C@H]2CCC3Cc4c(ncn4-c4ccc(F)cc4)C[C@]3(C(=O)c3cc(C)ccn3)C2)c1. The predicted octanol–water partition coefficient (Wildman–Crippen LogP) is 5.63. The van der Waals surface area contributed by atoms with Gasteiger partial charge in [-0.05, 0) is 105 Å². The zero-order valence-corrected chi connectivity index (χ0v) is 22.8. The first-order valence-electron chi connectivity index (χ1n) is 13.3. The van der Waals surface area contributed by atoms with Gasteiger partial charge in [0.25, 0.3) is 0 Å². The van der Waals surface area contributed by atoms with Gasteiger partial charge in [0.1, 0.15) is 11.5 Å². The number of Topliss-reactive ketones (excluding diaryl/α,β-unsaturated/α-hetero) is 1. The van der Waals surface area contributed by atoms with E-state index in [2.05, 4.69) is 9.97 Å². The van der Waals surface area contributed by atoms with Crippen molar-refractivity contribution in [3.8, 4) is 5.69 Å². The lowest BCUT2D eigenvalue weighted by Crippen LogP contribution is -2.51. The van der Waals surface area contributed by atoms with E-state index in [-0.39, 0.29) is 23.9 Å². The Morgan fingerprint density at radius 1 is 1.00 bits per heavy atom. The average molecular weight is 544 g/mol. The Balaban J connectivity index is 1.44. The van der Waals surface area contributed by atoms with Crippen LogP contribution in [0.4, 0.5) is 4.39 Å². The highest BCUT2D eigenvalue weighted by Gasteiger charge is 2.55. The third kappa shape index (κ3) is 4.40. The number of aryl methyl sites for hydroxylation is 2. The quantitative estimate of drug-likeness (QED) is 0.305. The summed E-state index contributed by atoms with van der Waals surface area (Å²) < 4.78 is 43.2. The summed E-state index contributed by atoms with van der Waals surface area (Å²) in [5, 5.41) is -0.676. The molecule has 6 nitrogen and oxygen atoms in total. The number of hydrogen-bond acceptors (Lipinski definition) is 5. The van der Waals surface area contributed by atoms with Crippen molar-refractivity contribution in [1.82, 2.24) is 14.5 Å². The van der Waals surface area contributed by atoms with Crippen molar-refractivity contribution in [3.63, 3.8) is 0 Å². The van der Waals surface area contributed by atoms with Gasteiger partial charge >= 0.3 is 0 Å². The molecule has 1 unspecified atom stereocenters. The summed E-state index contributed by atoms with van der Waals surface area (Å²) in [6, 6.07) is 16.9. The summed E-state index contributed by atoms with van der Waals surface area (Å²) in [5.74, 6) is -0.488. The Morgan fingerprint density at radius 2 is 1.77 bits per heavy atom. The molecule has 2 aliphatic carbocycles. The van der Waals surface area contributed by atoms with E-state index in [1.165, 1.54) is 12.1 Å². The maximum absolute atomic E-state index is 14.4. The molecule has 1 saturated carbocycles. The van der Waals surface area contributed by atoms with Crippen LogP contribution in [0.1, 0.15) is 52.3 Å². The number of pyridine rings is 1. The summed E-state index contributed by atoms with van der Waals surface area (Å²) in [6.45, 7) is 3.80. The summed E-state index contributed by atoms with van der Waals surface area (Å²) >= 11 is 0. The van der Waals surface area contributed by atoms with E-state index in [0.29, 0.717) is 36.3 Å². The summed E-state index contributed by atoms with van der Waals surface area (Å²) in [5.41, 5.74) is 3.83. The standard InChI is InChI=1S/C31H30FN3O3S/c1-20-4-3-5-25(14-20)39(37,38)26-11-6-22-16-29-28(34-19-35(29)24-9-7-23(32)8-10-24)18-31(22,17-26)30(36)27-15-21(2)12-13-33-27/h3-5,7-10,12-15,19,22,26H,6,11,16-18H2,1-2H3/t22?,26-,31+/m0/s1. The van der Waals surface area contributed by atoms with Gasteiger partial charge in [0, 0.05) is 29.4 Å². The third-order valence-electron chi connectivity index (χ3n) is 8.55. The second kappa shape index (κ2) is 9.52. The number of rotatable bonds is 5. The maximum Gasteiger partial charge on any atom is 0.188 e. The van der Waals surface area contributed by atoms with Crippen molar-refractivity contribution < 1.29 is 17.6 Å². The van der Waals surface area contributed by atoms with Crippen molar-refractivity contribution in [2.45, 2.75) is 56.1 Å². The lowest BCUT2D eigenvalue weighted by atomic mass is 9.57. The van der Waals surface area contributed by atoms with Gasteiger partial charge in [0.05, 0.1) is 22.2 Å². The number of carbonyl (C=O) groups is 1. The minimum absolute atomic E-state index is 0.0697. The van der Waals surface area contributed by atoms with Gasteiger partial charge < -0.3 is 4.57 Å². The van der Waals surface area contributed by atoms with E-state index in [4.69, 9.17) is 0 Å². The molecule has 0 saturated heterocycles. The largest absolute Gasteiger partial charge is 0.303 e. The molecule has 200 valence electrons. The van der Waals surface area contributed by atoms with E-state index >= 15 is 0 Å². The van der Waals surface area contributed by atoms with Crippen molar-refractivity contribution in [1.29, 1.82) is 0 Å². The van der Waals surface area contributed by atoms with Crippen molar-refractivity contribution >= 4 is 15.6 Å². The van der Waals surface area contributed by atoms with Crippen LogP contribution in [0.3, 0.4) is 0 Å². The predicted molar refractivity (Wildman–Crippen MR) is 146 cm³/mol. The van der Waals surface area contributed by atoms with Crippen molar-refractivity contribution in [2.24, 2.45) is 11.3 Å². The van der Waals surface area contributed by atoms with Gasteiger partial charge in [-0.25, -0.2) is 17.8 Å². The fourth-order valence-electron chi connectivity index (χ4n) is 6.51. The van der Waals surface area contributed by atoms with E-state index in [1.807, 2.05) is 30.5 Å². The van der Waals surface area contributed by atoms with E-state index in [0.717, 1.165) is 28.2 Å². The number of sulfone groups is 1. The monoisotopic (exact) mass is 543 g/mol. The summed E-state index contributed by atoms with van der Waals surface area (Å²) in [6.07, 6.45) is 5.59. The first-order chi connectivity index (χ1) is 18.7. The normalized spacial score (nSPS) is 22.6. The second-order valence-electron chi connectivity index (χ2n) is 11.0. The Hall–Kier alpha value is -3.65. The molecule has 1 fully saturated rings. The molecule has 6 rings (SSSR count). The van der Waals surface area contributed by atoms with E-state index in [1.54, 1.807) is 48.9 Å². The molecule has 2 aliphatic rings. The van der Waals surface area contributed by atoms with Gasteiger partial charge in [0.2, 0.25) is 0 Å². The first-order valence-corrected chi connectivity index (χ1v) is 14.8. The van der Waals surface area contributed by atoms with Crippen LogP contribution < -0.4 is 0 Å². The van der Waals surface area contributed by atoms with Crippen LogP contribution in [0.25, 0.3) is 5.69 Å². The lowest BCUT2D eigenvalue weighted by Gasteiger charge is -2.48. The second-order valence-corrected chi connectivity index (χ2v) is 13.3. The third-order valence-corrected chi connectivity index (χ3v) is 10.7. The summed E-state index contributed by atoms with van der Waals surface area (Å²) in [4.78, 5) is 23.8. The summed E-state index contributed by atoms with van der Waals surface area (Å²) in [7, 11) is -3.65. The number of ketones is 1. The number of benzene rings is 2. The molecule has 0 N–H and O–H groups in total. The molecule has 0 radical (unpaired) electrons. The molecule has 39 heavy (non-hydrogen) atoms. The lowest BCUT2D eigenvalue weighted by molar-refractivity contribution is 0.0483. The number of halogens is 1. The average Bonchev–Trinajstić information content (AvgIpc) is 3.33. The maximum atomic E-state index is 14.4. The minimum Gasteiger partial charge on any atom is -0.303 e. The number of fused-ring (bicyclic) bond motifs is 2. The molecule has 2 aromatic heterocycles. The van der Waals surface area contributed by atoms with Gasteiger partial charge in [-0.1, -0.05) is 12.1 Å². The number of carbonyl (C=O) groups excluding carboxylic acids is 1. The van der Waals surface area contributed by atoms with Crippen LogP contribution in [0.2, 0.25) is 0 Å². The Kier molecular flexibility index (Phi) is 6.25. The molecule has 2 heterocycles. The van der Waals surface area contributed by atoms with Gasteiger partial charge in [0.15, 0.2) is 15.6 Å². The topological polar surface area (TPSA) is 81.9 Å². The first kappa shape index (κ1) is 25.6. The highest BCUT2D eigenvalue weighted by atomic mass is 32.2. The number of aromatic nitrogens is 3. The van der Waals surface area contributed by atoms with Crippen LogP contribution in [0, 0.1) is 31.0 Å².